The molecule has 1 unspecified atom stereocenters. The van der Waals surface area contributed by atoms with Gasteiger partial charge in [0.25, 0.3) is 5.56 Å². The van der Waals surface area contributed by atoms with Crippen molar-refractivity contribution < 1.29 is 8.42 Å². The van der Waals surface area contributed by atoms with Crippen LogP contribution in [0.3, 0.4) is 0 Å². The highest BCUT2D eigenvalue weighted by Crippen LogP contribution is 2.31. The van der Waals surface area contributed by atoms with Gasteiger partial charge in [0.1, 0.15) is 0 Å². The lowest BCUT2D eigenvalue weighted by Crippen LogP contribution is -2.28. The molecule has 0 spiro atoms. The molecule has 0 amide bonds. The molecule has 21 heavy (non-hydrogen) atoms. The Morgan fingerprint density at radius 1 is 1.29 bits per heavy atom. The first-order valence-electron chi connectivity index (χ1n) is 6.16. The van der Waals surface area contributed by atoms with Crippen molar-refractivity contribution in [3.8, 4) is 0 Å². The second-order valence-electron chi connectivity index (χ2n) is 4.64. The molecule has 3 rings (SSSR count). The molecule has 0 bridgehead atoms. The Balaban J connectivity index is 1.92. The van der Waals surface area contributed by atoms with Crippen molar-refractivity contribution in [2.75, 3.05) is 11.5 Å². The lowest BCUT2D eigenvalue weighted by molar-refractivity contribution is 0.527. The first-order valence-corrected chi connectivity index (χ1v) is 9.17. The van der Waals surface area contributed by atoms with E-state index >= 15 is 0 Å². The molecule has 0 radical (unpaired) electrons. The van der Waals surface area contributed by atoms with Crippen molar-refractivity contribution in [3.05, 3.63) is 51.9 Å². The van der Waals surface area contributed by atoms with Crippen LogP contribution < -0.4 is 5.56 Å². The van der Waals surface area contributed by atoms with Crippen LogP contribution >= 0.6 is 23.4 Å². The summed E-state index contributed by atoms with van der Waals surface area (Å²) in [4.78, 5) is 16.2. The normalized spacial score (nSPS) is 17.7. The highest BCUT2D eigenvalue weighted by Gasteiger charge is 2.30. The Kier molecular flexibility index (Phi) is 3.81. The van der Waals surface area contributed by atoms with Crippen molar-refractivity contribution in [1.29, 1.82) is 0 Å². The van der Waals surface area contributed by atoms with Gasteiger partial charge in [-0.15, -0.1) is 0 Å². The lowest BCUT2D eigenvalue weighted by atomic mass is 10.4. The van der Waals surface area contributed by atoms with Crippen LogP contribution in [0.15, 0.2) is 51.4 Å². The standard InChI is InChI=1S/C13H11ClN2O3S2/c14-9-1-3-11(4-2-9)21(18,19)8-10-7-20-13-15-6-5-12(17)16(10)13/h1-6,10H,7-8H2. The van der Waals surface area contributed by atoms with Crippen molar-refractivity contribution in [3.63, 3.8) is 0 Å². The van der Waals surface area contributed by atoms with E-state index in [4.69, 9.17) is 11.6 Å². The summed E-state index contributed by atoms with van der Waals surface area (Å²) < 4.78 is 26.3. The molecule has 0 N–H and O–H groups in total. The highest BCUT2D eigenvalue weighted by molar-refractivity contribution is 7.99. The number of aromatic nitrogens is 2. The molecule has 5 nitrogen and oxygen atoms in total. The zero-order chi connectivity index (χ0) is 15.0. The Labute approximate surface area is 130 Å². The molecule has 0 aliphatic carbocycles. The summed E-state index contributed by atoms with van der Waals surface area (Å²) >= 11 is 7.16. The molecule has 1 atom stereocenters. The summed E-state index contributed by atoms with van der Waals surface area (Å²) in [5, 5.41) is 1.05. The van der Waals surface area contributed by atoms with E-state index < -0.39 is 15.9 Å². The predicted octanol–water partition coefficient (Wildman–Crippen LogP) is 2.02. The number of thioether (sulfide) groups is 1. The number of hydrogen-bond acceptors (Lipinski definition) is 5. The fourth-order valence-corrected chi connectivity index (χ4v) is 5.12. The van der Waals surface area contributed by atoms with Crippen LogP contribution in [0.1, 0.15) is 6.04 Å². The monoisotopic (exact) mass is 342 g/mol. The number of fused-ring (bicyclic) bond motifs is 1. The summed E-state index contributed by atoms with van der Waals surface area (Å²) in [6.07, 6.45) is 1.44. The molecule has 1 aliphatic heterocycles. The lowest BCUT2D eigenvalue weighted by Gasteiger charge is -2.13. The largest absolute Gasteiger partial charge is 0.283 e. The van der Waals surface area contributed by atoms with E-state index in [0.29, 0.717) is 15.9 Å². The van der Waals surface area contributed by atoms with E-state index in [1.54, 1.807) is 12.1 Å². The summed E-state index contributed by atoms with van der Waals surface area (Å²) in [5.74, 6) is 0.402. The number of hydrogen-bond donors (Lipinski definition) is 0. The molecule has 110 valence electrons. The Morgan fingerprint density at radius 3 is 2.71 bits per heavy atom. The average molecular weight is 343 g/mol. The summed E-state index contributed by atoms with van der Waals surface area (Å²) in [6, 6.07) is 6.99. The van der Waals surface area contributed by atoms with Crippen LogP contribution in [0.5, 0.6) is 0 Å². The van der Waals surface area contributed by atoms with E-state index in [1.165, 1.54) is 40.7 Å². The number of benzene rings is 1. The number of rotatable bonds is 3. The minimum Gasteiger partial charge on any atom is -0.283 e. The topological polar surface area (TPSA) is 69.0 Å². The van der Waals surface area contributed by atoms with E-state index in [-0.39, 0.29) is 16.2 Å². The maximum Gasteiger partial charge on any atom is 0.254 e. The van der Waals surface area contributed by atoms with Gasteiger partial charge in [-0.25, -0.2) is 13.4 Å². The molecule has 1 aromatic heterocycles. The zero-order valence-electron chi connectivity index (χ0n) is 10.8. The first kappa shape index (κ1) is 14.6. The van der Waals surface area contributed by atoms with Crippen LogP contribution in [-0.4, -0.2) is 29.5 Å². The first-order chi connectivity index (χ1) is 9.97. The third-order valence-corrected chi connectivity index (χ3v) is 6.38. The molecule has 0 fully saturated rings. The SMILES string of the molecule is O=c1ccnc2n1C(CS(=O)(=O)c1ccc(Cl)cc1)CS2. The van der Waals surface area contributed by atoms with E-state index in [9.17, 15) is 13.2 Å². The number of halogens is 1. The van der Waals surface area contributed by atoms with Crippen LogP contribution in [-0.2, 0) is 9.84 Å². The van der Waals surface area contributed by atoms with Crippen LogP contribution in [0.25, 0.3) is 0 Å². The molecule has 1 aliphatic rings. The average Bonchev–Trinajstić information content (AvgIpc) is 2.83. The van der Waals surface area contributed by atoms with Gasteiger partial charge in [0.05, 0.1) is 16.7 Å². The summed E-state index contributed by atoms with van der Waals surface area (Å²) in [5.41, 5.74) is -0.221. The molecular weight excluding hydrogens is 332 g/mol. The fraction of sp³-hybridized carbons (Fsp3) is 0.231. The smallest absolute Gasteiger partial charge is 0.254 e. The van der Waals surface area contributed by atoms with Crippen molar-refractivity contribution in [2.24, 2.45) is 0 Å². The van der Waals surface area contributed by atoms with Gasteiger partial charge in [-0.05, 0) is 24.3 Å². The van der Waals surface area contributed by atoms with Crippen molar-refractivity contribution in [1.82, 2.24) is 9.55 Å². The molecule has 0 saturated carbocycles. The minimum absolute atomic E-state index is 0.125. The van der Waals surface area contributed by atoms with Gasteiger partial charge in [0.15, 0.2) is 15.0 Å². The predicted molar refractivity (Wildman–Crippen MR) is 81.8 cm³/mol. The van der Waals surface area contributed by atoms with Gasteiger partial charge >= 0.3 is 0 Å². The van der Waals surface area contributed by atoms with Crippen LogP contribution in [0, 0.1) is 0 Å². The second-order valence-corrected chi connectivity index (χ2v) is 8.09. The third-order valence-electron chi connectivity index (χ3n) is 3.20. The van der Waals surface area contributed by atoms with E-state index in [0.717, 1.165) is 0 Å². The second kappa shape index (κ2) is 5.47. The maximum absolute atomic E-state index is 12.4. The fourth-order valence-electron chi connectivity index (χ4n) is 2.20. The van der Waals surface area contributed by atoms with Gasteiger partial charge in [0.2, 0.25) is 0 Å². The Bertz CT molecular complexity index is 831. The van der Waals surface area contributed by atoms with Crippen molar-refractivity contribution in [2.45, 2.75) is 16.1 Å². The molecular formula is C13H11ClN2O3S2. The van der Waals surface area contributed by atoms with Gasteiger partial charge in [-0.3, -0.25) is 9.36 Å². The molecule has 2 aromatic rings. The quantitative estimate of drug-likeness (QED) is 0.798. The Morgan fingerprint density at radius 2 is 2.00 bits per heavy atom. The maximum atomic E-state index is 12.4. The van der Waals surface area contributed by atoms with Gasteiger partial charge < -0.3 is 0 Å². The van der Waals surface area contributed by atoms with Crippen LogP contribution in [0.2, 0.25) is 5.02 Å². The van der Waals surface area contributed by atoms with Crippen LogP contribution in [0.4, 0.5) is 0 Å². The molecule has 8 heteroatoms. The molecule has 1 aromatic carbocycles. The third kappa shape index (κ3) is 2.86. The Hall–Kier alpha value is -1.31. The van der Waals surface area contributed by atoms with Gasteiger partial charge in [-0.1, -0.05) is 23.4 Å². The molecule has 2 heterocycles. The minimum atomic E-state index is -3.48. The number of nitrogens with zero attached hydrogens (tertiary/aromatic N) is 2. The summed E-state index contributed by atoms with van der Waals surface area (Å²) in [7, 11) is -3.48. The highest BCUT2D eigenvalue weighted by atomic mass is 35.5. The van der Waals surface area contributed by atoms with Gasteiger partial charge in [0, 0.05) is 23.0 Å². The van der Waals surface area contributed by atoms with E-state index in [2.05, 4.69) is 4.98 Å². The van der Waals surface area contributed by atoms with E-state index in [1.807, 2.05) is 0 Å². The zero-order valence-corrected chi connectivity index (χ0v) is 13.2. The summed E-state index contributed by atoms with van der Waals surface area (Å²) in [6.45, 7) is 0. The van der Waals surface area contributed by atoms with Gasteiger partial charge in [-0.2, -0.15) is 0 Å². The van der Waals surface area contributed by atoms with Crippen molar-refractivity contribution >= 4 is 33.2 Å². The number of sulfone groups is 1. The molecule has 0 saturated heterocycles.